The van der Waals surface area contributed by atoms with Crippen molar-refractivity contribution in [1.82, 2.24) is 0 Å². The highest BCUT2D eigenvalue weighted by atomic mass is 16.5. The van der Waals surface area contributed by atoms with Gasteiger partial charge in [0, 0.05) is 6.92 Å². The van der Waals surface area contributed by atoms with Crippen LogP contribution in [0.3, 0.4) is 0 Å². The molecule has 0 saturated heterocycles. The molecule has 0 aliphatic carbocycles. The summed E-state index contributed by atoms with van der Waals surface area (Å²) in [4.78, 5) is 10.5. The highest BCUT2D eigenvalue weighted by molar-refractivity contribution is 5.65. The van der Waals surface area contributed by atoms with E-state index in [1.54, 1.807) is 0 Å². The Labute approximate surface area is 99.4 Å². The molecule has 0 aliphatic heterocycles. The monoisotopic (exact) mass is 224 g/mol. The lowest BCUT2D eigenvalue weighted by Gasteiger charge is -1.98. The lowest BCUT2D eigenvalue weighted by atomic mass is 10.2. The minimum absolute atomic E-state index is 0.186. The SMILES string of the molecule is CCCC/C=C\C=C/CCCCOC(C)=O. The number of esters is 1. The van der Waals surface area contributed by atoms with E-state index >= 15 is 0 Å². The average molecular weight is 224 g/mol. The van der Waals surface area contributed by atoms with E-state index in [0.717, 1.165) is 19.3 Å². The fraction of sp³-hybridized carbons (Fsp3) is 0.643. The largest absolute Gasteiger partial charge is 0.466 e. The van der Waals surface area contributed by atoms with Crippen molar-refractivity contribution in [3.63, 3.8) is 0 Å². The smallest absolute Gasteiger partial charge is 0.302 e. The molecular weight excluding hydrogens is 200 g/mol. The fourth-order valence-electron chi connectivity index (χ4n) is 1.25. The summed E-state index contributed by atoms with van der Waals surface area (Å²) in [6.07, 6.45) is 15.4. The molecule has 0 aromatic carbocycles. The summed E-state index contributed by atoms with van der Waals surface area (Å²) in [5.74, 6) is -0.186. The van der Waals surface area contributed by atoms with Crippen molar-refractivity contribution in [3.05, 3.63) is 24.3 Å². The van der Waals surface area contributed by atoms with Gasteiger partial charge in [-0.15, -0.1) is 0 Å². The van der Waals surface area contributed by atoms with E-state index in [-0.39, 0.29) is 5.97 Å². The second-order valence-corrected chi connectivity index (χ2v) is 3.83. The fourth-order valence-corrected chi connectivity index (χ4v) is 1.25. The van der Waals surface area contributed by atoms with Crippen LogP contribution in [0.25, 0.3) is 0 Å². The Kier molecular flexibility index (Phi) is 11.2. The standard InChI is InChI=1S/C14H24O2/c1-3-4-5-6-7-8-9-10-11-12-13-16-14(2)15/h6-9H,3-5,10-13H2,1-2H3/b7-6-,9-8-. The van der Waals surface area contributed by atoms with E-state index in [0.29, 0.717) is 6.61 Å². The lowest BCUT2D eigenvalue weighted by molar-refractivity contribution is -0.141. The molecule has 0 bridgehead atoms. The highest BCUT2D eigenvalue weighted by Crippen LogP contribution is 1.99. The van der Waals surface area contributed by atoms with Gasteiger partial charge in [0.1, 0.15) is 0 Å². The Morgan fingerprint density at radius 1 is 1.06 bits per heavy atom. The molecule has 0 heterocycles. The van der Waals surface area contributed by atoms with Crippen LogP contribution in [0.4, 0.5) is 0 Å². The minimum atomic E-state index is -0.186. The van der Waals surface area contributed by atoms with Gasteiger partial charge in [-0.2, -0.15) is 0 Å². The molecule has 0 aliphatic rings. The van der Waals surface area contributed by atoms with Gasteiger partial charge >= 0.3 is 5.97 Å². The second-order valence-electron chi connectivity index (χ2n) is 3.83. The Bertz CT molecular complexity index is 217. The number of rotatable bonds is 9. The molecule has 0 unspecified atom stereocenters. The predicted octanol–water partition coefficient (Wildman–Crippen LogP) is 4.02. The third-order valence-corrected chi connectivity index (χ3v) is 2.18. The first kappa shape index (κ1) is 14.9. The Morgan fingerprint density at radius 3 is 2.25 bits per heavy atom. The molecular formula is C14H24O2. The van der Waals surface area contributed by atoms with Crippen LogP contribution in [0.15, 0.2) is 24.3 Å². The zero-order valence-electron chi connectivity index (χ0n) is 10.6. The molecule has 0 atom stereocenters. The van der Waals surface area contributed by atoms with Crippen LogP contribution in [0.2, 0.25) is 0 Å². The van der Waals surface area contributed by atoms with E-state index in [4.69, 9.17) is 4.74 Å². The van der Waals surface area contributed by atoms with E-state index < -0.39 is 0 Å². The molecule has 0 saturated carbocycles. The van der Waals surface area contributed by atoms with Gasteiger partial charge in [0.2, 0.25) is 0 Å². The summed E-state index contributed by atoms with van der Waals surface area (Å²) in [5.41, 5.74) is 0. The molecule has 0 aromatic rings. The maximum Gasteiger partial charge on any atom is 0.302 e. The number of ether oxygens (including phenoxy) is 1. The van der Waals surface area contributed by atoms with Crippen LogP contribution in [-0.4, -0.2) is 12.6 Å². The number of carbonyl (C=O) groups excluding carboxylic acids is 1. The van der Waals surface area contributed by atoms with E-state index in [1.165, 1.54) is 26.2 Å². The first-order valence-corrected chi connectivity index (χ1v) is 6.22. The van der Waals surface area contributed by atoms with E-state index in [1.807, 2.05) is 0 Å². The van der Waals surface area contributed by atoms with Crippen molar-refractivity contribution in [2.75, 3.05) is 6.61 Å². The van der Waals surface area contributed by atoms with Crippen molar-refractivity contribution in [2.24, 2.45) is 0 Å². The third kappa shape index (κ3) is 12.9. The normalized spacial score (nSPS) is 11.4. The van der Waals surface area contributed by atoms with Gasteiger partial charge in [-0.05, 0) is 25.7 Å². The van der Waals surface area contributed by atoms with E-state index in [9.17, 15) is 4.79 Å². The minimum Gasteiger partial charge on any atom is -0.466 e. The van der Waals surface area contributed by atoms with Gasteiger partial charge in [0.05, 0.1) is 6.61 Å². The van der Waals surface area contributed by atoms with Crippen molar-refractivity contribution in [1.29, 1.82) is 0 Å². The van der Waals surface area contributed by atoms with Gasteiger partial charge in [0.15, 0.2) is 0 Å². The molecule has 2 heteroatoms. The van der Waals surface area contributed by atoms with Crippen molar-refractivity contribution >= 4 is 5.97 Å². The first-order valence-electron chi connectivity index (χ1n) is 6.22. The average Bonchev–Trinajstić information content (AvgIpc) is 2.25. The van der Waals surface area contributed by atoms with Crippen LogP contribution >= 0.6 is 0 Å². The van der Waals surface area contributed by atoms with Crippen molar-refractivity contribution in [3.8, 4) is 0 Å². The molecule has 0 fully saturated rings. The van der Waals surface area contributed by atoms with Crippen molar-refractivity contribution < 1.29 is 9.53 Å². The molecule has 2 nitrogen and oxygen atoms in total. The van der Waals surface area contributed by atoms with Crippen LogP contribution in [-0.2, 0) is 9.53 Å². The zero-order valence-corrected chi connectivity index (χ0v) is 10.6. The number of hydrogen-bond donors (Lipinski definition) is 0. The molecule has 0 amide bonds. The van der Waals surface area contributed by atoms with Gasteiger partial charge in [-0.3, -0.25) is 4.79 Å². The molecule has 16 heavy (non-hydrogen) atoms. The zero-order chi connectivity index (χ0) is 12.1. The number of unbranched alkanes of at least 4 members (excludes halogenated alkanes) is 4. The topological polar surface area (TPSA) is 26.3 Å². The van der Waals surface area contributed by atoms with E-state index in [2.05, 4.69) is 31.2 Å². The lowest BCUT2D eigenvalue weighted by Crippen LogP contribution is -1.99. The van der Waals surface area contributed by atoms with Crippen molar-refractivity contribution in [2.45, 2.75) is 52.4 Å². The third-order valence-electron chi connectivity index (χ3n) is 2.18. The summed E-state index contributed by atoms with van der Waals surface area (Å²) in [6, 6.07) is 0. The summed E-state index contributed by atoms with van der Waals surface area (Å²) in [5, 5.41) is 0. The van der Waals surface area contributed by atoms with Crippen LogP contribution in [0.1, 0.15) is 52.4 Å². The molecule has 0 aromatic heterocycles. The van der Waals surface area contributed by atoms with Crippen LogP contribution in [0, 0.1) is 0 Å². The van der Waals surface area contributed by atoms with Gasteiger partial charge in [0.25, 0.3) is 0 Å². The molecule has 0 spiro atoms. The maximum absolute atomic E-state index is 10.5. The first-order chi connectivity index (χ1) is 7.77. The Morgan fingerprint density at radius 2 is 1.69 bits per heavy atom. The van der Waals surface area contributed by atoms with Gasteiger partial charge in [-0.25, -0.2) is 0 Å². The summed E-state index contributed by atoms with van der Waals surface area (Å²) in [6.45, 7) is 4.20. The second kappa shape index (κ2) is 12.0. The maximum atomic E-state index is 10.5. The predicted molar refractivity (Wildman–Crippen MR) is 68.3 cm³/mol. The highest BCUT2D eigenvalue weighted by Gasteiger charge is 1.90. The van der Waals surface area contributed by atoms with Crippen LogP contribution in [0.5, 0.6) is 0 Å². The number of carbonyl (C=O) groups is 1. The molecule has 0 rings (SSSR count). The molecule has 0 radical (unpaired) electrons. The van der Waals surface area contributed by atoms with Gasteiger partial charge < -0.3 is 4.74 Å². The van der Waals surface area contributed by atoms with Gasteiger partial charge in [-0.1, -0.05) is 44.1 Å². The Hall–Kier alpha value is -1.05. The molecule has 0 N–H and O–H groups in total. The summed E-state index contributed by atoms with van der Waals surface area (Å²) in [7, 11) is 0. The summed E-state index contributed by atoms with van der Waals surface area (Å²) < 4.78 is 4.84. The Balaban J connectivity index is 3.21. The number of allylic oxidation sites excluding steroid dienone is 4. The quantitative estimate of drug-likeness (QED) is 0.336. The van der Waals surface area contributed by atoms with Crippen LogP contribution < -0.4 is 0 Å². The summed E-state index contributed by atoms with van der Waals surface area (Å²) >= 11 is 0. The molecule has 92 valence electrons. The number of hydrogen-bond acceptors (Lipinski definition) is 2.